The van der Waals surface area contributed by atoms with Gasteiger partial charge in [0.1, 0.15) is 0 Å². The van der Waals surface area contributed by atoms with Crippen molar-refractivity contribution in [1.29, 1.82) is 0 Å². The molecule has 0 rings (SSSR count). The van der Waals surface area contributed by atoms with Crippen LogP contribution in [-0.2, 0) is 0 Å². The van der Waals surface area contributed by atoms with Gasteiger partial charge in [-0.15, -0.1) is 11.8 Å². The maximum atomic E-state index is 8.46. The van der Waals surface area contributed by atoms with Crippen molar-refractivity contribution in [3.63, 3.8) is 0 Å². The fraction of sp³-hybridized carbons (Fsp3) is 0.714. The van der Waals surface area contributed by atoms with Crippen molar-refractivity contribution < 1.29 is 5.11 Å². The number of aliphatic hydroxyl groups excluding tert-OH is 1. The lowest BCUT2D eigenvalue weighted by Gasteiger charge is -2.02. The minimum Gasteiger partial charge on any atom is -0.395 e. The van der Waals surface area contributed by atoms with Crippen LogP contribution in [-0.4, -0.2) is 17.8 Å². The summed E-state index contributed by atoms with van der Waals surface area (Å²) < 4.78 is 0. The third-order valence-electron chi connectivity index (χ3n) is 1.05. The highest BCUT2D eigenvalue weighted by atomic mass is 16.3. The van der Waals surface area contributed by atoms with Gasteiger partial charge < -0.3 is 10.8 Å². The standard InChI is InChI=1S/C7H13NO/c1-2-3-4-5-7(8)6-9/h7,9H,4-6,8H2,1H3/t7-/m0/s1. The van der Waals surface area contributed by atoms with Gasteiger partial charge in [-0.1, -0.05) is 0 Å². The van der Waals surface area contributed by atoms with Gasteiger partial charge in [-0.05, 0) is 13.3 Å². The number of nitrogens with two attached hydrogens (primary N) is 1. The highest BCUT2D eigenvalue weighted by molar-refractivity contribution is 4.95. The summed E-state index contributed by atoms with van der Waals surface area (Å²) in [7, 11) is 0. The minimum atomic E-state index is -0.0918. The Morgan fingerprint density at radius 1 is 1.67 bits per heavy atom. The Morgan fingerprint density at radius 3 is 2.78 bits per heavy atom. The molecule has 2 nitrogen and oxygen atoms in total. The van der Waals surface area contributed by atoms with E-state index in [4.69, 9.17) is 10.8 Å². The van der Waals surface area contributed by atoms with Crippen LogP contribution in [0.5, 0.6) is 0 Å². The second-order valence-electron chi connectivity index (χ2n) is 1.91. The van der Waals surface area contributed by atoms with E-state index >= 15 is 0 Å². The maximum Gasteiger partial charge on any atom is 0.0582 e. The van der Waals surface area contributed by atoms with Crippen LogP contribution in [0.3, 0.4) is 0 Å². The van der Waals surface area contributed by atoms with Gasteiger partial charge >= 0.3 is 0 Å². The molecular formula is C7H13NO. The summed E-state index contributed by atoms with van der Waals surface area (Å²) in [5.41, 5.74) is 5.40. The van der Waals surface area contributed by atoms with Crippen molar-refractivity contribution >= 4 is 0 Å². The van der Waals surface area contributed by atoms with E-state index in [0.717, 1.165) is 12.8 Å². The Labute approximate surface area is 56.1 Å². The third kappa shape index (κ3) is 5.35. The Kier molecular flexibility index (Phi) is 5.29. The number of hydrogen-bond acceptors (Lipinski definition) is 2. The van der Waals surface area contributed by atoms with Gasteiger partial charge in [0.15, 0.2) is 0 Å². The average Bonchev–Trinajstić information content (AvgIpc) is 1.89. The summed E-state index contributed by atoms with van der Waals surface area (Å²) in [6.07, 6.45) is 1.58. The van der Waals surface area contributed by atoms with Crippen molar-refractivity contribution in [3.05, 3.63) is 0 Å². The summed E-state index contributed by atoms with van der Waals surface area (Å²) in [6.45, 7) is 1.86. The summed E-state index contributed by atoms with van der Waals surface area (Å²) in [4.78, 5) is 0. The van der Waals surface area contributed by atoms with E-state index in [-0.39, 0.29) is 12.6 Å². The Balaban J connectivity index is 3.13. The van der Waals surface area contributed by atoms with E-state index in [9.17, 15) is 0 Å². The minimum absolute atomic E-state index is 0.0609. The maximum absolute atomic E-state index is 8.46. The molecule has 0 aliphatic carbocycles. The number of rotatable bonds is 3. The van der Waals surface area contributed by atoms with E-state index < -0.39 is 0 Å². The first kappa shape index (κ1) is 8.48. The van der Waals surface area contributed by atoms with Crippen LogP contribution < -0.4 is 5.73 Å². The number of hydrogen-bond donors (Lipinski definition) is 2. The van der Waals surface area contributed by atoms with Crippen LogP contribution in [0.1, 0.15) is 19.8 Å². The lowest BCUT2D eigenvalue weighted by molar-refractivity contribution is 0.261. The van der Waals surface area contributed by atoms with Crippen LogP contribution in [0.25, 0.3) is 0 Å². The zero-order chi connectivity index (χ0) is 7.11. The fourth-order valence-electron chi connectivity index (χ4n) is 0.474. The van der Waals surface area contributed by atoms with Gasteiger partial charge in [-0.2, -0.15) is 0 Å². The Morgan fingerprint density at radius 2 is 2.33 bits per heavy atom. The molecule has 52 valence electrons. The molecule has 0 aromatic carbocycles. The summed E-state index contributed by atoms with van der Waals surface area (Å²) in [5, 5.41) is 8.46. The summed E-state index contributed by atoms with van der Waals surface area (Å²) in [6, 6.07) is -0.0918. The van der Waals surface area contributed by atoms with Crippen LogP contribution in [0.4, 0.5) is 0 Å². The van der Waals surface area contributed by atoms with Gasteiger partial charge in [0.2, 0.25) is 0 Å². The first-order chi connectivity index (χ1) is 4.31. The zero-order valence-corrected chi connectivity index (χ0v) is 5.72. The molecule has 0 fully saturated rings. The van der Waals surface area contributed by atoms with E-state index in [1.807, 2.05) is 0 Å². The lowest BCUT2D eigenvalue weighted by atomic mass is 10.2. The average molecular weight is 127 g/mol. The van der Waals surface area contributed by atoms with Crippen LogP contribution in [0, 0.1) is 11.8 Å². The molecule has 0 radical (unpaired) electrons. The predicted molar refractivity (Wildman–Crippen MR) is 37.7 cm³/mol. The second-order valence-corrected chi connectivity index (χ2v) is 1.91. The van der Waals surface area contributed by atoms with E-state index in [1.165, 1.54) is 0 Å². The summed E-state index contributed by atoms with van der Waals surface area (Å²) in [5.74, 6) is 5.63. The van der Waals surface area contributed by atoms with Gasteiger partial charge in [0.25, 0.3) is 0 Å². The predicted octanol–water partition coefficient (Wildman–Crippen LogP) is 0.110. The van der Waals surface area contributed by atoms with Crippen molar-refractivity contribution in [3.8, 4) is 11.8 Å². The topological polar surface area (TPSA) is 46.2 Å². The molecule has 0 aliphatic rings. The largest absolute Gasteiger partial charge is 0.395 e. The third-order valence-corrected chi connectivity index (χ3v) is 1.05. The SMILES string of the molecule is CC#CCC[C@H](N)CO. The van der Waals surface area contributed by atoms with Crippen LogP contribution in [0.15, 0.2) is 0 Å². The molecule has 0 aromatic rings. The van der Waals surface area contributed by atoms with Gasteiger partial charge in [0, 0.05) is 12.5 Å². The molecule has 3 N–H and O–H groups in total. The monoisotopic (exact) mass is 127 g/mol. The fourth-order valence-corrected chi connectivity index (χ4v) is 0.474. The van der Waals surface area contributed by atoms with Crippen molar-refractivity contribution in [2.45, 2.75) is 25.8 Å². The molecule has 0 aromatic heterocycles. The molecular weight excluding hydrogens is 114 g/mol. The first-order valence-corrected chi connectivity index (χ1v) is 3.07. The molecule has 0 saturated carbocycles. The molecule has 0 bridgehead atoms. The molecule has 2 heteroatoms. The molecule has 0 heterocycles. The highest BCUT2D eigenvalue weighted by Gasteiger charge is 1.95. The van der Waals surface area contributed by atoms with Crippen LogP contribution >= 0.6 is 0 Å². The molecule has 0 spiro atoms. The molecule has 9 heavy (non-hydrogen) atoms. The second kappa shape index (κ2) is 5.61. The van der Waals surface area contributed by atoms with Gasteiger partial charge in [-0.25, -0.2) is 0 Å². The smallest absolute Gasteiger partial charge is 0.0582 e. The normalized spacial score (nSPS) is 11.9. The highest BCUT2D eigenvalue weighted by Crippen LogP contribution is 1.90. The Bertz CT molecular complexity index is 112. The summed E-state index contributed by atoms with van der Waals surface area (Å²) >= 11 is 0. The van der Waals surface area contributed by atoms with Crippen LogP contribution in [0.2, 0.25) is 0 Å². The number of aliphatic hydroxyl groups is 1. The van der Waals surface area contributed by atoms with Crippen molar-refractivity contribution in [2.75, 3.05) is 6.61 Å². The van der Waals surface area contributed by atoms with E-state index in [2.05, 4.69) is 11.8 Å². The molecule has 0 amide bonds. The van der Waals surface area contributed by atoms with Gasteiger partial charge in [0.05, 0.1) is 6.61 Å². The molecule has 0 saturated heterocycles. The van der Waals surface area contributed by atoms with Crippen molar-refractivity contribution in [1.82, 2.24) is 0 Å². The van der Waals surface area contributed by atoms with E-state index in [0.29, 0.717) is 0 Å². The van der Waals surface area contributed by atoms with Gasteiger partial charge in [-0.3, -0.25) is 0 Å². The lowest BCUT2D eigenvalue weighted by Crippen LogP contribution is -2.23. The Hall–Kier alpha value is -0.520. The molecule has 0 aliphatic heterocycles. The first-order valence-electron chi connectivity index (χ1n) is 3.07. The quantitative estimate of drug-likeness (QED) is 0.528. The molecule has 0 unspecified atom stereocenters. The van der Waals surface area contributed by atoms with Crippen molar-refractivity contribution in [2.24, 2.45) is 5.73 Å². The zero-order valence-electron chi connectivity index (χ0n) is 5.72. The molecule has 1 atom stereocenters. The van der Waals surface area contributed by atoms with E-state index in [1.54, 1.807) is 6.92 Å².